The molecule has 1 N–H and O–H groups in total. The van der Waals surface area contributed by atoms with Gasteiger partial charge in [-0.15, -0.1) is 0 Å². The minimum absolute atomic E-state index is 0.167. The Kier molecular flexibility index (Phi) is 5.81. The number of rotatable bonds is 4. The summed E-state index contributed by atoms with van der Waals surface area (Å²) in [5.41, 5.74) is 2.11. The number of carbonyl (C=O) groups is 1. The van der Waals surface area contributed by atoms with Crippen molar-refractivity contribution >= 4 is 17.7 Å². The van der Waals surface area contributed by atoms with Gasteiger partial charge in [-0.05, 0) is 42.5 Å². The molecule has 1 aromatic carbocycles. The van der Waals surface area contributed by atoms with Gasteiger partial charge in [-0.3, -0.25) is 4.79 Å². The molecular weight excluding hydrogens is 286 g/mol. The van der Waals surface area contributed by atoms with Crippen LogP contribution >= 0.6 is 0 Å². The second-order valence-electron chi connectivity index (χ2n) is 6.50. The van der Waals surface area contributed by atoms with Crippen molar-refractivity contribution in [2.24, 2.45) is 5.92 Å². The van der Waals surface area contributed by atoms with Gasteiger partial charge in [-0.2, -0.15) is 5.26 Å². The third kappa shape index (κ3) is 4.59. The lowest BCUT2D eigenvalue weighted by Gasteiger charge is -2.29. The number of hydrogen-bond acceptors (Lipinski definition) is 3. The van der Waals surface area contributed by atoms with Crippen LogP contribution in [0, 0.1) is 17.2 Å². The first-order chi connectivity index (χ1) is 11.0. The highest BCUT2D eigenvalue weighted by molar-refractivity contribution is 6.01. The minimum Gasteiger partial charge on any atom is -0.378 e. The first kappa shape index (κ1) is 17.1. The van der Waals surface area contributed by atoms with Gasteiger partial charge >= 0.3 is 0 Å². The fraction of sp³-hybridized carbons (Fsp3) is 0.474. The Morgan fingerprint density at radius 1 is 1.26 bits per heavy atom. The second-order valence-corrected chi connectivity index (χ2v) is 6.50. The molecule has 0 spiro atoms. The summed E-state index contributed by atoms with van der Waals surface area (Å²) in [6, 6.07) is 10.0. The third-order valence-electron chi connectivity index (χ3n) is 4.51. The van der Waals surface area contributed by atoms with Crippen LogP contribution in [0.3, 0.4) is 0 Å². The Bertz CT molecular complexity index is 610. The van der Waals surface area contributed by atoms with Crippen molar-refractivity contribution in [3.8, 4) is 6.07 Å². The molecule has 1 saturated carbocycles. The molecule has 0 heterocycles. The SMILES string of the molecule is C[C@H]1CCCC[C@@H]1NC(=O)/C(C#N)=C/c1ccc(N(C)C)cc1. The molecule has 23 heavy (non-hydrogen) atoms. The molecule has 4 heteroatoms. The highest BCUT2D eigenvalue weighted by atomic mass is 16.1. The number of nitriles is 1. The smallest absolute Gasteiger partial charge is 0.262 e. The summed E-state index contributed by atoms with van der Waals surface area (Å²) in [7, 11) is 3.95. The van der Waals surface area contributed by atoms with Crippen molar-refractivity contribution in [1.29, 1.82) is 5.26 Å². The van der Waals surface area contributed by atoms with E-state index < -0.39 is 0 Å². The van der Waals surface area contributed by atoms with E-state index >= 15 is 0 Å². The largest absolute Gasteiger partial charge is 0.378 e. The van der Waals surface area contributed by atoms with Crippen LogP contribution in [0.15, 0.2) is 29.8 Å². The standard InChI is InChI=1S/C19H25N3O/c1-14-6-4-5-7-18(14)21-19(23)16(13-20)12-15-8-10-17(11-9-15)22(2)3/h8-12,14,18H,4-7H2,1-3H3,(H,21,23)/b16-12+/t14-,18-/m0/s1. The quantitative estimate of drug-likeness (QED) is 0.685. The molecule has 0 saturated heterocycles. The van der Waals surface area contributed by atoms with E-state index in [2.05, 4.69) is 12.2 Å². The van der Waals surface area contributed by atoms with E-state index in [4.69, 9.17) is 0 Å². The summed E-state index contributed by atoms with van der Waals surface area (Å²) < 4.78 is 0. The number of carbonyl (C=O) groups excluding carboxylic acids is 1. The molecular formula is C19H25N3O. The predicted octanol–water partition coefficient (Wildman–Crippen LogP) is 3.35. The van der Waals surface area contributed by atoms with Crippen LogP contribution in [-0.4, -0.2) is 26.0 Å². The number of nitrogens with zero attached hydrogens (tertiary/aromatic N) is 2. The van der Waals surface area contributed by atoms with Crippen LogP contribution in [0.25, 0.3) is 6.08 Å². The van der Waals surface area contributed by atoms with Gasteiger partial charge in [-0.1, -0.05) is 31.9 Å². The van der Waals surface area contributed by atoms with Gasteiger partial charge < -0.3 is 10.2 Å². The summed E-state index contributed by atoms with van der Waals surface area (Å²) >= 11 is 0. The zero-order valence-electron chi connectivity index (χ0n) is 14.2. The Hall–Kier alpha value is -2.28. The van der Waals surface area contributed by atoms with E-state index in [0.29, 0.717) is 5.92 Å². The van der Waals surface area contributed by atoms with Gasteiger partial charge in [0.15, 0.2) is 0 Å². The predicted molar refractivity (Wildman–Crippen MR) is 93.9 cm³/mol. The minimum atomic E-state index is -0.261. The van der Waals surface area contributed by atoms with Crippen LogP contribution in [-0.2, 0) is 4.79 Å². The van der Waals surface area contributed by atoms with Crippen LogP contribution in [0.4, 0.5) is 5.69 Å². The van der Waals surface area contributed by atoms with E-state index in [1.807, 2.05) is 49.3 Å². The van der Waals surface area contributed by atoms with Crippen molar-refractivity contribution < 1.29 is 4.79 Å². The monoisotopic (exact) mass is 311 g/mol. The van der Waals surface area contributed by atoms with Crippen molar-refractivity contribution in [1.82, 2.24) is 5.32 Å². The maximum atomic E-state index is 12.4. The van der Waals surface area contributed by atoms with Gasteiger partial charge in [0.1, 0.15) is 11.6 Å². The summed E-state index contributed by atoms with van der Waals surface area (Å²) in [5.74, 6) is 0.218. The molecule has 1 aliphatic carbocycles. The Morgan fingerprint density at radius 3 is 2.48 bits per heavy atom. The highest BCUT2D eigenvalue weighted by Crippen LogP contribution is 2.24. The lowest BCUT2D eigenvalue weighted by Crippen LogP contribution is -2.41. The molecule has 0 bridgehead atoms. The lowest BCUT2D eigenvalue weighted by molar-refractivity contribution is -0.118. The molecule has 4 nitrogen and oxygen atoms in total. The summed E-state index contributed by atoms with van der Waals surface area (Å²) in [4.78, 5) is 14.4. The van der Waals surface area contributed by atoms with E-state index in [1.165, 1.54) is 6.42 Å². The Morgan fingerprint density at radius 2 is 1.91 bits per heavy atom. The summed E-state index contributed by atoms with van der Waals surface area (Å²) in [6.45, 7) is 2.17. The summed E-state index contributed by atoms with van der Waals surface area (Å²) in [5, 5.41) is 12.3. The fourth-order valence-electron chi connectivity index (χ4n) is 2.96. The van der Waals surface area contributed by atoms with E-state index in [-0.39, 0.29) is 17.5 Å². The molecule has 122 valence electrons. The van der Waals surface area contributed by atoms with Gasteiger partial charge in [0, 0.05) is 25.8 Å². The van der Waals surface area contributed by atoms with Crippen molar-refractivity contribution in [2.45, 2.75) is 38.6 Å². The highest BCUT2D eigenvalue weighted by Gasteiger charge is 2.23. The second kappa shape index (κ2) is 7.82. The van der Waals surface area contributed by atoms with Crippen LogP contribution in [0.2, 0.25) is 0 Å². The van der Waals surface area contributed by atoms with Crippen LogP contribution in [0.1, 0.15) is 38.2 Å². The Balaban J connectivity index is 2.08. The number of benzene rings is 1. The summed E-state index contributed by atoms with van der Waals surface area (Å²) in [6.07, 6.45) is 6.17. The maximum absolute atomic E-state index is 12.4. The molecule has 0 unspecified atom stereocenters. The first-order valence-electron chi connectivity index (χ1n) is 8.21. The van der Waals surface area contributed by atoms with Gasteiger partial charge in [0.05, 0.1) is 0 Å². The lowest BCUT2D eigenvalue weighted by atomic mass is 9.86. The van der Waals surface area contributed by atoms with E-state index in [0.717, 1.165) is 30.5 Å². The van der Waals surface area contributed by atoms with Gasteiger partial charge in [0.25, 0.3) is 5.91 Å². The van der Waals surface area contributed by atoms with E-state index in [1.54, 1.807) is 6.08 Å². The number of nitrogens with one attached hydrogen (secondary N) is 1. The topological polar surface area (TPSA) is 56.1 Å². The molecule has 2 rings (SSSR count). The average Bonchev–Trinajstić information content (AvgIpc) is 2.55. The fourth-order valence-corrected chi connectivity index (χ4v) is 2.96. The van der Waals surface area contributed by atoms with Gasteiger partial charge in [0.2, 0.25) is 0 Å². The van der Waals surface area contributed by atoms with Crippen LogP contribution < -0.4 is 10.2 Å². The molecule has 0 aliphatic heterocycles. The number of anilines is 1. The molecule has 1 aliphatic rings. The molecule has 2 atom stereocenters. The maximum Gasteiger partial charge on any atom is 0.262 e. The first-order valence-corrected chi connectivity index (χ1v) is 8.21. The zero-order valence-corrected chi connectivity index (χ0v) is 14.2. The van der Waals surface area contributed by atoms with Crippen molar-refractivity contribution in [3.63, 3.8) is 0 Å². The average molecular weight is 311 g/mol. The zero-order chi connectivity index (χ0) is 16.8. The van der Waals surface area contributed by atoms with Gasteiger partial charge in [-0.25, -0.2) is 0 Å². The molecule has 1 amide bonds. The molecule has 1 fully saturated rings. The molecule has 0 aromatic heterocycles. The molecule has 0 radical (unpaired) electrons. The Labute approximate surface area is 138 Å². The van der Waals surface area contributed by atoms with Crippen molar-refractivity contribution in [3.05, 3.63) is 35.4 Å². The normalized spacial score (nSPS) is 21.4. The van der Waals surface area contributed by atoms with Crippen LogP contribution in [0.5, 0.6) is 0 Å². The third-order valence-corrected chi connectivity index (χ3v) is 4.51. The number of hydrogen-bond donors (Lipinski definition) is 1. The molecule has 1 aromatic rings. The van der Waals surface area contributed by atoms with Crippen molar-refractivity contribution in [2.75, 3.05) is 19.0 Å². The van der Waals surface area contributed by atoms with E-state index in [9.17, 15) is 10.1 Å². The number of amides is 1.